The van der Waals surface area contributed by atoms with Crippen molar-refractivity contribution in [2.75, 3.05) is 13.1 Å². The molecule has 1 fully saturated rings. The Morgan fingerprint density at radius 1 is 1.42 bits per heavy atom. The predicted molar refractivity (Wildman–Crippen MR) is 92.9 cm³/mol. The van der Waals surface area contributed by atoms with Gasteiger partial charge in [-0.1, -0.05) is 17.5 Å². The van der Waals surface area contributed by atoms with Crippen molar-refractivity contribution in [3.8, 4) is 0 Å². The highest BCUT2D eigenvalue weighted by Crippen LogP contribution is 2.21. The van der Waals surface area contributed by atoms with Gasteiger partial charge in [0.25, 0.3) is 5.91 Å². The molecule has 0 aromatic carbocycles. The fourth-order valence-electron chi connectivity index (χ4n) is 2.64. The number of aromatic nitrogens is 2. The molecule has 1 saturated heterocycles. The van der Waals surface area contributed by atoms with Gasteiger partial charge in [-0.05, 0) is 42.2 Å². The number of amides is 1. The highest BCUT2D eigenvalue weighted by molar-refractivity contribution is 7.91. The number of carbonyl (C=O) groups excluding carboxylic acids is 1. The average molecular weight is 387 g/mol. The van der Waals surface area contributed by atoms with Crippen LogP contribution in [0.25, 0.3) is 0 Å². The third-order valence-electron chi connectivity index (χ3n) is 3.95. The van der Waals surface area contributed by atoms with Crippen LogP contribution >= 0.6 is 22.9 Å². The molecule has 1 N–H and O–H groups in total. The first-order valence-electron chi connectivity index (χ1n) is 7.67. The number of rotatable bonds is 5. The maximum atomic E-state index is 12.5. The van der Waals surface area contributed by atoms with Crippen LogP contribution in [0.2, 0.25) is 0 Å². The van der Waals surface area contributed by atoms with Crippen molar-refractivity contribution in [1.82, 2.24) is 19.2 Å². The van der Waals surface area contributed by atoms with Gasteiger partial charge in [-0.3, -0.25) is 4.79 Å². The number of likely N-dealkylation sites (tertiary alicyclic amines) is 1. The van der Waals surface area contributed by atoms with Crippen molar-refractivity contribution in [2.24, 2.45) is 0 Å². The Balaban J connectivity index is 1.59. The molecular weight excluding hydrogens is 368 g/mol. The van der Waals surface area contributed by atoms with Gasteiger partial charge in [-0.25, -0.2) is 13.1 Å². The summed E-state index contributed by atoms with van der Waals surface area (Å²) < 4.78 is 31.4. The maximum absolute atomic E-state index is 12.5. The third-order valence-corrected chi connectivity index (χ3v) is 7.62. The molecule has 0 saturated carbocycles. The first-order valence-corrected chi connectivity index (χ1v) is 10.8. The molecule has 0 unspecified atom stereocenters. The number of aryl methyl sites for hydroxylation is 1. The van der Waals surface area contributed by atoms with Crippen LogP contribution in [-0.4, -0.2) is 47.9 Å². The van der Waals surface area contributed by atoms with Gasteiger partial charge >= 0.3 is 0 Å². The minimum atomic E-state index is -3.46. The van der Waals surface area contributed by atoms with E-state index in [1.807, 2.05) is 6.92 Å². The Morgan fingerprint density at radius 2 is 2.17 bits per heavy atom. The van der Waals surface area contributed by atoms with Gasteiger partial charge in [0.2, 0.25) is 10.0 Å². The number of hydrogen-bond donors (Lipinski definition) is 1. The highest BCUT2D eigenvalue weighted by Gasteiger charge is 2.29. The number of thiophene rings is 1. The molecule has 10 heteroatoms. The number of piperidine rings is 1. The molecule has 0 radical (unpaired) electrons. The van der Waals surface area contributed by atoms with Crippen molar-refractivity contribution in [2.45, 2.75) is 36.4 Å². The molecule has 1 aliphatic rings. The summed E-state index contributed by atoms with van der Waals surface area (Å²) in [6, 6.07) is 3.16. The summed E-state index contributed by atoms with van der Waals surface area (Å²) in [5.41, 5.74) is 0.727. The fraction of sp³-hybridized carbons (Fsp3) is 0.500. The molecular formula is C14H18N4O3S3. The summed E-state index contributed by atoms with van der Waals surface area (Å²) in [5.74, 6) is -0.0542. The minimum absolute atomic E-state index is 0.0542. The van der Waals surface area contributed by atoms with Crippen LogP contribution in [0.3, 0.4) is 0 Å². The van der Waals surface area contributed by atoms with Gasteiger partial charge in [0.05, 0.1) is 5.69 Å². The number of sulfonamides is 1. The number of nitrogens with zero attached hydrogens (tertiary/aromatic N) is 3. The van der Waals surface area contributed by atoms with E-state index >= 15 is 0 Å². The molecule has 1 amide bonds. The van der Waals surface area contributed by atoms with Crippen molar-refractivity contribution >= 4 is 38.8 Å². The molecule has 3 heterocycles. The monoisotopic (exact) mass is 386 g/mol. The third kappa shape index (κ3) is 3.66. The lowest BCUT2D eigenvalue weighted by Gasteiger charge is -2.31. The van der Waals surface area contributed by atoms with Gasteiger partial charge in [-0.15, -0.1) is 16.4 Å². The van der Waals surface area contributed by atoms with Crippen LogP contribution < -0.4 is 4.72 Å². The molecule has 2 aromatic heterocycles. The zero-order valence-electron chi connectivity index (χ0n) is 13.1. The first kappa shape index (κ1) is 17.5. The normalized spacial score (nSPS) is 16.5. The number of carbonyl (C=O) groups is 1. The molecule has 0 spiro atoms. The first-order chi connectivity index (χ1) is 11.5. The molecule has 0 aliphatic carbocycles. The lowest BCUT2D eigenvalue weighted by atomic mass is 10.1. The Bertz CT molecular complexity index is 793. The minimum Gasteiger partial charge on any atom is -0.338 e. The van der Waals surface area contributed by atoms with Crippen LogP contribution in [-0.2, 0) is 16.4 Å². The van der Waals surface area contributed by atoms with Gasteiger partial charge in [0.1, 0.15) is 9.09 Å². The summed E-state index contributed by atoms with van der Waals surface area (Å²) in [6.07, 6.45) is 1.88. The van der Waals surface area contributed by atoms with Crippen molar-refractivity contribution in [3.63, 3.8) is 0 Å². The van der Waals surface area contributed by atoms with Crippen LogP contribution in [0.1, 0.15) is 35.1 Å². The van der Waals surface area contributed by atoms with Crippen LogP contribution in [0.4, 0.5) is 0 Å². The van der Waals surface area contributed by atoms with Gasteiger partial charge < -0.3 is 4.90 Å². The van der Waals surface area contributed by atoms with E-state index in [2.05, 4.69) is 14.3 Å². The van der Waals surface area contributed by atoms with Gasteiger partial charge in [-0.2, -0.15) is 0 Å². The smallest absolute Gasteiger partial charge is 0.267 e. The second-order valence-electron chi connectivity index (χ2n) is 5.52. The average Bonchev–Trinajstić information content (AvgIpc) is 3.26. The Labute approximate surface area is 148 Å². The molecule has 24 heavy (non-hydrogen) atoms. The van der Waals surface area contributed by atoms with E-state index in [9.17, 15) is 13.2 Å². The van der Waals surface area contributed by atoms with E-state index in [1.165, 1.54) is 11.3 Å². The van der Waals surface area contributed by atoms with Crippen molar-refractivity contribution in [3.05, 3.63) is 28.1 Å². The molecule has 0 bridgehead atoms. The predicted octanol–water partition coefficient (Wildman–Crippen LogP) is 1.75. The van der Waals surface area contributed by atoms with Crippen molar-refractivity contribution < 1.29 is 13.2 Å². The van der Waals surface area contributed by atoms with E-state index in [0.29, 0.717) is 41.4 Å². The number of hydrogen-bond acceptors (Lipinski definition) is 7. The zero-order valence-corrected chi connectivity index (χ0v) is 15.6. The van der Waals surface area contributed by atoms with Crippen LogP contribution in [0.15, 0.2) is 21.7 Å². The second kappa shape index (κ2) is 7.26. The summed E-state index contributed by atoms with van der Waals surface area (Å²) >= 11 is 2.32. The maximum Gasteiger partial charge on any atom is 0.267 e. The molecule has 0 atom stereocenters. The molecule has 1 aliphatic heterocycles. The topological polar surface area (TPSA) is 92.3 Å². The highest BCUT2D eigenvalue weighted by atomic mass is 32.2. The van der Waals surface area contributed by atoms with E-state index in [1.54, 1.807) is 22.4 Å². The quantitative estimate of drug-likeness (QED) is 0.845. The SMILES string of the molecule is CCc1nnsc1C(=O)N1CCC(NS(=O)(=O)c2cccs2)CC1. The summed E-state index contributed by atoms with van der Waals surface area (Å²) in [5, 5.41) is 5.71. The lowest BCUT2D eigenvalue weighted by Crippen LogP contribution is -2.46. The van der Waals surface area contributed by atoms with E-state index in [4.69, 9.17) is 0 Å². The van der Waals surface area contributed by atoms with E-state index in [0.717, 1.165) is 17.2 Å². The molecule has 2 aromatic rings. The standard InChI is InChI=1S/C14H18N4O3S3/c1-2-11-13(23-17-15-11)14(19)18-7-5-10(6-8-18)16-24(20,21)12-4-3-9-22-12/h3-4,9-10,16H,2,5-8H2,1H3. The fourth-order valence-corrected chi connectivity index (χ4v) is 5.67. The molecule has 3 rings (SSSR count). The van der Waals surface area contributed by atoms with Crippen LogP contribution in [0.5, 0.6) is 0 Å². The van der Waals surface area contributed by atoms with Crippen LogP contribution in [0, 0.1) is 0 Å². The Kier molecular flexibility index (Phi) is 5.28. The summed E-state index contributed by atoms with van der Waals surface area (Å²) in [4.78, 5) is 14.9. The summed E-state index contributed by atoms with van der Waals surface area (Å²) in [7, 11) is -3.46. The Morgan fingerprint density at radius 3 is 2.79 bits per heavy atom. The molecule has 7 nitrogen and oxygen atoms in total. The second-order valence-corrected chi connectivity index (χ2v) is 9.16. The van der Waals surface area contributed by atoms with E-state index < -0.39 is 10.0 Å². The zero-order chi connectivity index (χ0) is 17.2. The molecule has 130 valence electrons. The Hall–Kier alpha value is -1.36. The number of nitrogens with one attached hydrogen (secondary N) is 1. The van der Waals surface area contributed by atoms with E-state index in [-0.39, 0.29) is 11.9 Å². The largest absolute Gasteiger partial charge is 0.338 e. The van der Waals surface area contributed by atoms with Gasteiger partial charge in [0.15, 0.2) is 0 Å². The summed E-state index contributed by atoms with van der Waals surface area (Å²) in [6.45, 7) is 2.99. The lowest BCUT2D eigenvalue weighted by molar-refractivity contribution is 0.0715. The van der Waals surface area contributed by atoms with Crippen molar-refractivity contribution in [1.29, 1.82) is 0 Å². The van der Waals surface area contributed by atoms with Gasteiger partial charge in [0, 0.05) is 19.1 Å².